The van der Waals surface area contributed by atoms with E-state index in [0.29, 0.717) is 12.1 Å². The van der Waals surface area contributed by atoms with Gasteiger partial charge in [0.05, 0.1) is 0 Å². The van der Waals surface area contributed by atoms with Crippen LogP contribution in [0.5, 0.6) is 0 Å². The number of likely N-dealkylation sites (tertiary alicyclic amines) is 1. The highest BCUT2D eigenvalue weighted by Crippen LogP contribution is 2.21. The van der Waals surface area contributed by atoms with Crippen LogP contribution in [-0.4, -0.2) is 61.6 Å². The van der Waals surface area contributed by atoms with Crippen molar-refractivity contribution in [3.05, 3.63) is 0 Å². The second-order valence-electron chi connectivity index (χ2n) is 6.43. The number of nitrogens with one attached hydrogen (secondary N) is 2. The fourth-order valence-electron chi connectivity index (χ4n) is 3.20. The second kappa shape index (κ2) is 8.70. The summed E-state index contributed by atoms with van der Waals surface area (Å²) < 4.78 is 4.82. The number of carbonyl (C=O) groups is 2. The fourth-order valence-corrected chi connectivity index (χ4v) is 3.20. The number of hydrogen-bond acceptors (Lipinski definition) is 4. The summed E-state index contributed by atoms with van der Waals surface area (Å²) in [5, 5.41) is 6.37. The highest BCUT2D eigenvalue weighted by atomic mass is 35.5. The van der Waals surface area contributed by atoms with E-state index in [0.717, 1.165) is 25.9 Å². The number of carbonyl (C=O) groups excluding carboxylic acids is 2. The van der Waals surface area contributed by atoms with E-state index >= 15 is 0 Å². The standard InChI is InChI=1S/C15H27N3O3.ClH/c1-10(2)14(17-13(19)9-21-3)15(20)18-7-6-11-4-5-12(8-18)16-11;/h10-12,14,16H,4-9H2,1-3H3,(H,17,19);1H/t11?,12?,14-;/m0./s1. The maximum absolute atomic E-state index is 12.8. The van der Waals surface area contributed by atoms with Crippen molar-refractivity contribution < 1.29 is 14.3 Å². The van der Waals surface area contributed by atoms with Gasteiger partial charge in [-0.2, -0.15) is 0 Å². The summed E-state index contributed by atoms with van der Waals surface area (Å²) in [7, 11) is 1.48. The molecule has 0 aliphatic carbocycles. The summed E-state index contributed by atoms with van der Waals surface area (Å²) in [5.74, 6) is -0.144. The third kappa shape index (κ3) is 4.83. The van der Waals surface area contributed by atoms with Crippen LogP contribution in [-0.2, 0) is 14.3 Å². The summed E-state index contributed by atoms with van der Waals surface area (Å²) in [4.78, 5) is 26.4. The zero-order valence-electron chi connectivity index (χ0n) is 13.6. The van der Waals surface area contributed by atoms with Crippen molar-refractivity contribution in [3.8, 4) is 0 Å². The number of fused-ring (bicyclic) bond motifs is 2. The van der Waals surface area contributed by atoms with E-state index < -0.39 is 6.04 Å². The Bertz CT molecular complexity index is 392. The largest absolute Gasteiger partial charge is 0.375 e. The molecule has 0 saturated carbocycles. The van der Waals surface area contributed by atoms with E-state index in [-0.39, 0.29) is 36.7 Å². The van der Waals surface area contributed by atoms with E-state index in [4.69, 9.17) is 4.74 Å². The summed E-state index contributed by atoms with van der Waals surface area (Å²) >= 11 is 0. The first kappa shape index (κ1) is 19.2. The molecule has 2 heterocycles. The zero-order valence-corrected chi connectivity index (χ0v) is 14.4. The van der Waals surface area contributed by atoms with Crippen molar-refractivity contribution in [1.29, 1.82) is 0 Å². The highest BCUT2D eigenvalue weighted by Gasteiger charge is 2.34. The minimum atomic E-state index is -0.468. The predicted octanol–water partition coefficient (Wildman–Crippen LogP) is 0.548. The van der Waals surface area contributed by atoms with Gasteiger partial charge >= 0.3 is 0 Å². The molecule has 2 aliphatic rings. The Morgan fingerprint density at radius 3 is 2.59 bits per heavy atom. The quantitative estimate of drug-likeness (QED) is 0.771. The molecule has 2 rings (SSSR count). The number of nitrogens with zero attached hydrogens (tertiary/aromatic N) is 1. The van der Waals surface area contributed by atoms with E-state index in [1.807, 2.05) is 18.7 Å². The number of rotatable bonds is 5. The van der Waals surface area contributed by atoms with Gasteiger partial charge in [-0.3, -0.25) is 9.59 Å². The molecule has 2 fully saturated rings. The number of ether oxygens (including phenoxy) is 1. The molecule has 0 radical (unpaired) electrons. The molecule has 22 heavy (non-hydrogen) atoms. The first-order valence-corrected chi connectivity index (χ1v) is 7.84. The molecule has 6 nitrogen and oxygen atoms in total. The van der Waals surface area contributed by atoms with Crippen LogP contribution < -0.4 is 10.6 Å². The van der Waals surface area contributed by atoms with Gasteiger partial charge in [0.1, 0.15) is 12.6 Å². The predicted molar refractivity (Wildman–Crippen MR) is 87.0 cm³/mol. The van der Waals surface area contributed by atoms with Crippen molar-refractivity contribution in [3.63, 3.8) is 0 Å². The van der Waals surface area contributed by atoms with Gasteiger partial charge in [-0.25, -0.2) is 0 Å². The van der Waals surface area contributed by atoms with Crippen molar-refractivity contribution in [2.45, 2.75) is 51.2 Å². The summed E-state index contributed by atoms with van der Waals surface area (Å²) in [5.41, 5.74) is 0. The Kier molecular flexibility index (Phi) is 7.59. The second-order valence-corrected chi connectivity index (χ2v) is 6.43. The lowest BCUT2D eigenvalue weighted by Crippen LogP contribution is -2.53. The van der Waals surface area contributed by atoms with Crippen LogP contribution in [0.4, 0.5) is 0 Å². The molecule has 2 bridgehead atoms. The Labute approximate surface area is 138 Å². The maximum atomic E-state index is 12.8. The first-order chi connectivity index (χ1) is 10.0. The number of hydrogen-bond donors (Lipinski definition) is 2. The molecule has 2 unspecified atom stereocenters. The van der Waals surface area contributed by atoms with Gasteiger partial charge in [-0.15, -0.1) is 12.4 Å². The minimum absolute atomic E-state index is 0. The zero-order chi connectivity index (χ0) is 15.4. The Balaban J connectivity index is 0.00000242. The molecule has 7 heteroatoms. The van der Waals surface area contributed by atoms with Gasteiger partial charge < -0.3 is 20.3 Å². The van der Waals surface area contributed by atoms with Gasteiger partial charge in [0.2, 0.25) is 11.8 Å². The van der Waals surface area contributed by atoms with Crippen LogP contribution in [0.2, 0.25) is 0 Å². The lowest BCUT2D eigenvalue weighted by atomic mass is 10.0. The van der Waals surface area contributed by atoms with Crippen LogP contribution in [0, 0.1) is 5.92 Å². The highest BCUT2D eigenvalue weighted by molar-refractivity contribution is 5.88. The molecule has 128 valence electrons. The Morgan fingerprint density at radius 1 is 1.27 bits per heavy atom. The molecule has 2 N–H and O–H groups in total. The van der Waals surface area contributed by atoms with Crippen LogP contribution >= 0.6 is 12.4 Å². The van der Waals surface area contributed by atoms with Crippen molar-refractivity contribution in [2.75, 3.05) is 26.8 Å². The molecule has 3 atom stereocenters. The van der Waals surface area contributed by atoms with Gasteiger partial charge in [-0.1, -0.05) is 13.8 Å². The smallest absolute Gasteiger partial charge is 0.246 e. The topological polar surface area (TPSA) is 70.7 Å². The maximum Gasteiger partial charge on any atom is 0.246 e. The SMILES string of the molecule is COCC(=O)N[C@H](C(=O)N1CCC2CCC(C1)N2)C(C)C.Cl. The minimum Gasteiger partial charge on any atom is -0.375 e. The van der Waals surface area contributed by atoms with E-state index in [1.54, 1.807) is 0 Å². The molecule has 2 aliphatic heterocycles. The Hall–Kier alpha value is -0.850. The first-order valence-electron chi connectivity index (χ1n) is 7.84. The summed E-state index contributed by atoms with van der Waals surface area (Å²) in [6, 6.07) is 0.488. The van der Waals surface area contributed by atoms with Gasteiger partial charge in [0.25, 0.3) is 0 Å². The third-order valence-electron chi connectivity index (χ3n) is 4.36. The van der Waals surface area contributed by atoms with Gasteiger partial charge in [0, 0.05) is 32.3 Å². The van der Waals surface area contributed by atoms with Crippen LogP contribution in [0.1, 0.15) is 33.1 Å². The van der Waals surface area contributed by atoms with Crippen molar-refractivity contribution in [2.24, 2.45) is 5.92 Å². The molecular formula is C15H28ClN3O3. The van der Waals surface area contributed by atoms with E-state index in [1.165, 1.54) is 13.5 Å². The average Bonchev–Trinajstić information content (AvgIpc) is 2.75. The normalized spacial score (nSPS) is 25.4. The molecule has 0 aromatic carbocycles. The Morgan fingerprint density at radius 2 is 1.95 bits per heavy atom. The van der Waals surface area contributed by atoms with Gasteiger partial charge in [0.15, 0.2) is 0 Å². The monoisotopic (exact) mass is 333 g/mol. The fraction of sp³-hybridized carbons (Fsp3) is 0.867. The van der Waals surface area contributed by atoms with Crippen molar-refractivity contribution in [1.82, 2.24) is 15.5 Å². The van der Waals surface area contributed by atoms with Gasteiger partial charge in [-0.05, 0) is 25.2 Å². The number of amides is 2. The molecular weight excluding hydrogens is 306 g/mol. The summed E-state index contributed by atoms with van der Waals surface area (Å²) in [6.07, 6.45) is 3.35. The van der Waals surface area contributed by atoms with Crippen LogP contribution in [0.15, 0.2) is 0 Å². The molecule has 2 amide bonds. The lowest BCUT2D eigenvalue weighted by Gasteiger charge is -2.30. The van der Waals surface area contributed by atoms with Crippen LogP contribution in [0.3, 0.4) is 0 Å². The molecule has 0 aromatic heterocycles. The summed E-state index contributed by atoms with van der Waals surface area (Å²) in [6.45, 7) is 5.42. The van der Waals surface area contributed by atoms with Crippen molar-refractivity contribution >= 4 is 24.2 Å². The third-order valence-corrected chi connectivity index (χ3v) is 4.36. The lowest BCUT2D eigenvalue weighted by molar-refractivity contribution is -0.138. The molecule has 2 saturated heterocycles. The van der Waals surface area contributed by atoms with Crippen LogP contribution in [0.25, 0.3) is 0 Å². The number of halogens is 1. The molecule has 0 aromatic rings. The van der Waals surface area contributed by atoms with E-state index in [9.17, 15) is 9.59 Å². The van der Waals surface area contributed by atoms with E-state index in [2.05, 4.69) is 10.6 Å². The number of methoxy groups -OCH3 is 1. The average molecular weight is 334 g/mol. The molecule has 0 spiro atoms.